The van der Waals surface area contributed by atoms with Crippen molar-refractivity contribution in [2.24, 2.45) is 0 Å². The molecule has 1 N–H and O–H groups in total. The third-order valence-electron chi connectivity index (χ3n) is 5.08. The van der Waals surface area contributed by atoms with E-state index in [1.807, 2.05) is 84.0 Å². The fraction of sp³-hybridized carbons (Fsp3) is 0.500. The van der Waals surface area contributed by atoms with Gasteiger partial charge in [-0.05, 0) is 45.2 Å². The molecule has 0 spiro atoms. The Morgan fingerprint density at radius 2 is 1.37 bits per heavy atom. The van der Waals surface area contributed by atoms with Gasteiger partial charge in [0.1, 0.15) is 5.75 Å². The molecule has 166 valence electrons. The Hall–Kier alpha value is -1.65. The van der Waals surface area contributed by atoms with Crippen LogP contribution in [0.3, 0.4) is 0 Å². The Bertz CT molecular complexity index is 851. The minimum Gasteiger partial charge on any atom is -0.507 e. The zero-order valence-corrected chi connectivity index (χ0v) is 20.2. The minimum absolute atomic E-state index is 0.249. The summed E-state index contributed by atoms with van der Waals surface area (Å²) in [4.78, 5) is 0. The summed E-state index contributed by atoms with van der Waals surface area (Å²) in [5.74, 6) is -0.680. The number of phenols is 1. The van der Waals surface area contributed by atoms with Gasteiger partial charge < -0.3 is 18.9 Å². The lowest BCUT2D eigenvalue weighted by Gasteiger charge is -2.31. The van der Waals surface area contributed by atoms with Gasteiger partial charge in [0.05, 0.1) is 6.61 Å². The summed E-state index contributed by atoms with van der Waals surface area (Å²) in [5, 5.41) is 11.0. The molecule has 0 radical (unpaired) electrons. The molecule has 0 heterocycles. The molecule has 0 bridgehead atoms. The molecule has 0 saturated heterocycles. The number of aromatic hydroxyl groups is 1. The van der Waals surface area contributed by atoms with Crippen molar-refractivity contribution in [1.82, 2.24) is 0 Å². The van der Waals surface area contributed by atoms with E-state index in [0.717, 1.165) is 16.7 Å². The van der Waals surface area contributed by atoms with Crippen molar-refractivity contribution >= 4 is 7.60 Å². The van der Waals surface area contributed by atoms with E-state index in [4.69, 9.17) is 13.8 Å². The Balaban J connectivity index is 2.65. The highest BCUT2D eigenvalue weighted by Crippen LogP contribution is 2.61. The predicted molar refractivity (Wildman–Crippen MR) is 121 cm³/mol. The van der Waals surface area contributed by atoms with Crippen LogP contribution in [-0.2, 0) is 35.8 Å². The van der Waals surface area contributed by atoms with Gasteiger partial charge in [-0.2, -0.15) is 0 Å². The van der Waals surface area contributed by atoms with E-state index in [1.165, 1.54) is 14.2 Å². The Labute approximate surface area is 180 Å². The number of benzene rings is 2. The third kappa shape index (κ3) is 5.53. The van der Waals surface area contributed by atoms with E-state index >= 15 is 0 Å². The molecule has 1 unspecified atom stereocenters. The lowest BCUT2D eigenvalue weighted by molar-refractivity contribution is 0.0656. The van der Waals surface area contributed by atoms with Gasteiger partial charge in [-0.15, -0.1) is 0 Å². The molecule has 0 aliphatic heterocycles. The summed E-state index contributed by atoms with van der Waals surface area (Å²) < 4.78 is 30.2. The van der Waals surface area contributed by atoms with E-state index in [1.54, 1.807) is 0 Å². The molecule has 0 aliphatic carbocycles. The normalized spacial score (nSPS) is 14.0. The maximum absolute atomic E-state index is 13.4. The molecule has 2 rings (SSSR count). The van der Waals surface area contributed by atoms with Crippen molar-refractivity contribution in [3.63, 3.8) is 0 Å². The smallest absolute Gasteiger partial charge is 0.363 e. The SMILES string of the molecule is COP(=O)(OC)C(OCc1ccccc1)c1cc(C(C)(C)C)c(O)c(C(C)(C)C)c1. The van der Waals surface area contributed by atoms with Gasteiger partial charge in [-0.3, -0.25) is 4.57 Å². The van der Waals surface area contributed by atoms with Crippen LogP contribution >= 0.6 is 7.60 Å². The van der Waals surface area contributed by atoms with Crippen molar-refractivity contribution in [2.75, 3.05) is 14.2 Å². The summed E-state index contributed by atoms with van der Waals surface area (Å²) >= 11 is 0. The number of phenolic OH excluding ortho intramolecular Hbond substituents is 1. The summed E-state index contributed by atoms with van der Waals surface area (Å²) in [5.41, 5.74) is 2.48. The lowest BCUT2D eigenvalue weighted by Crippen LogP contribution is -2.19. The van der Waals surface area contributed by atoms with Crippen molar-refractivity contribution in [2.45, 2.75) is 64.8 Å². The van der Waals surface area contributed by atoms with Crippen LogP contribution in [0.4, 0.5) is 0 Å². The van der Waals surface area contributed by atoms with Crippen LogP contribution < -0.4 is 0 Å². The predicted octanol–water partition coefficient (Wildman–Crippen LogP) is 6.69. The molecule has 1 atom stereocenters. The molecule has 30 heavy (non-hydrogen) atoms. The maximum atomic E-state index is 13.4. The number of ether oxygens (including phenoxy) is 1. The third-order valence-corrected chi connectivity index (χ3v) is 7.12. The second kappa shape index (κ2) is 9.23. The summed E-state index contributed by atoms with van der Waals surface area (Å²) in [6.07, 6.45) is 0. The summed E-state index contributed by atoms with van der Waals surface area (Å²) in [6, 6.07) is 13.4. The quantitative estimate of drug-likeness (QED) is 0.492. The van der Waals surface area contributed by atoms with Crippen LogP contribution in [0.1, 0.15) is 69.6 Å². The van der Waals surface area contributed by atoms with Crippen molar-refractivity contribution in [1.29, 1.82) is 0 Å². The molecule has 0 amide bonds. The molecule has 0 fully saturated rings. The van der Waals surface area contributed by atoms with E-state index in [2.05, 4.69) is 0 Å². The molecule has 0 aromatic heterocycles. The Kier molecular flexibility index (Phi) is 7.58. The van der Waals surface area contributed by atoms with Crippen LogP contribution in [0, 0.1) is 0 Å². The van der Waals surface area contributed by atoms with Crippen molar-refractivity contribution in [3.05, 3.63) is 64.7 Å². The van der Waals surface area contributed by atoms with Crippen molar-refractivity contribution < 1.29 is 23.5 Å². The molecular formula is C24H35O5P. The first kappa shape index (κ1) is 24.6. The molecule has 5 nitrogen and oxygen atoms in total. The zero-order valence-electron chi connectivity index (χ0n) is 19.4. The fourth-order valence-electron chi connectivity index (χ4n) is 3.33. The molecule has 2 aromatic rings. The number of hydrogen-bond donors (Lipinski definition) is 1. The highest BCUT2D eigenvalue weighted by molar-refractivity contribution is 7.54. The fourth-order valence-corrected chi connectivity index (χ4v) is 4.63. The number of rotatable bonds is 7. The Morgan fingerprint density at radius 3 is 1.77 bits per heavy atom. The molecule has 6 heteroatoms. The first-order valence-electron chi connectivity index (χ1n) is 10.1. The van der Waals surface area contributed by atoms with Gasteiger partial charge >= 0.3 is 7.60 Å². The van der Waals surface area contributed by atoms with Gasteiger partial charge in [0.25, 0.3) is 0 Å². The maximum Gasteiger partial charge on any atom is 0.363 e. The molecular weight excluding hydrogens is 399 g/mol. The lowest BCUT2D eigenvalue weighted by atomic mass is 9.78. The van der Waals surface area contributed by atoms with Crippen LogP contribution in [0.25, 0.3) is 0 Å². The van der Waals surface area contributed by atoms with E-state index in [-0.39, 0.29) is 23.2 Å². The topological polar surface area (TPSA) is 65.0 Å². The number of hydrogen-bond acceptors (Lipinski definition) is 5. The van der Waals surface area contributed by atoms with Gasteiger partial charge in [0.15, 0.2) is 5.85 Å². The highest BCUT2D eigenvalue weighted by atomic mass is 31.2. The average molecular weight is 435 g/mol. The second-order valence-electron chi connectivity index (χ2n) is 9.52. The summed E-state index contributed by atoms with van der Waals surface area (Å²) in [7, 11) is -0.893. The van der Waals surface area contributed by atoms with Gasteiger partial charge in [0.2, 0.25) is 0 Å². The van der Waals surface area contributed by atoms with Gasteiger partial charge in [-0.25, -0.2) is 0 Å². The van der Waals surface area contributed by atoms with E-state index < -0.39 is 13.4 Å². The van der Waals surface area contributed by atoms with Crippen LogP contribution in [0.15, 0.2) is 42.5 Å². The Morgan fingerprint density at radius 1 is 0.900 bits per heavy atom. The summed E-state index contributed by atoms with van der Waals surface area (Å²) in [6.45, 7) is 12.4. The first-order chi connectivity index (χ1) is 13.8. The highest BCUT2D eigenvalue weighted by Gasteiger charge is 2.39. The molecule has 0 aliphatic rings. The molecule has 0 saturated carbocycles. The van der Waals surface area contributed by atoms with E-state index in [9.17, 15) is 9.67 Å². The minimum atomic E-state index is -3.61. The van der Waals surface area contributed by atoms with E-state index in [0.29, 0.717) is 5.56 Å². The first-order valence-corrected chi connectivity index (χ1v) is 11.7. The standard InChI is InChI=1S/C24H35O5P/c1-23(2,3)19-14-18(15-20(21(19)25)24(4,5)6)22(30(26,27-7)28-8)29-16-17-12-10-9-11-13-17/h9-15,22,25H,16H2,1-8H3. The van der Waals surface area contributed by atoms with Crippen LogP contribution in [-0.4, -0.2) is 19.3 Å². The van der Waals surface area contributed by atoms with Crippen molar-refractivity contribution in [3.8, 4) is 5.75 Å². The molecule has 2 aromatic carbocycles. The van der Waals surface area contributed by atoms with Gasteiger partial charge in [-0.1, -0.05) is 71.9 Å². The van der Waals surface area contributed by atoms with Gasteiger partial charge in [0, 0.05) is 14.2 Å². The zero-order chi connectivity index (χ0) is 22.7. The second-order valence-corrected chi connectivity index (χ2v) is 11.8. The largest absolute Gasteiger partial charge is 0.507 e. The van der Waals surface area contributed by atoms with Crippen LogP contribution in [0.2, 0.25) is 0 Å². The monoisotopic (exact) mass is 434 g/mol. The van der Waals surface area contributed by atoms with Crippen LogP contribution in [0.5, 0.6) is 5.75 Å². The average Bonchev–Trinajstić information content (AvgIpc) is 2.67.